The van der Waals surface area contributed by atoms with Crippen LogP contribution in [0.15, 0.2) is 30.5 Å². The Hall–Kier alpha value is -1.56. The van der Waals surface area contributed by atoms with Gasteiger partial charge in [0, 0.05) is 38.3 Å². The molecule has 2 aliphatic rings. The number of hydrogen-bond donors (Lipinski definition) is 0. The molecule has 2 aliphatic heterocycles. The number of aromatic nitrogens is 1. The van der Waals surface area contributed by atoms with Crippen LogP contribution in [0.2, 0.25) is 0 Å². The molecule has 1 aromatic carbocycles. The molecule has 0 amide bonds. The van der Waals surface area contributed by atoms with E-state index in [0.29, 0.717) is 6.10 Å². The van der Waals surface area contributed by atoms with Gasteiger partial charge in [0.25, 0.3) is 0 Å². The highest BCUT2D eigenvalue weighted by molar-refractivity contribution is 5.86. The summed E-state index contributed by atoms with van der Waals surface area (Å²) in [5.41, 5.74) is 1.22. The normalized spacial score (nSPS) is 23.6. The molecule has 1 aromatic heterocycles. The van der Waals surface area contributed by atoms with Gasteiger partial charge >= 0.3 is 0 Å². The molecule has 3 heterocycles. The fourth-order valence-electron chi connectivity index (χ4n) is 3.70. The van der Waals surface area contributed by atoms with Crippen molar-refractivity contribution in [3.63, 3.8) is 0 Å². The van der Waals surface area contributed by atoms with E-state index in [1.807, 2.05) is 0 Å². The molecule has 0 saturated carbocycles. The average Bonchev–Trinajstić information content (AvgIpc) is 3.00. The van der Waals surface area contributed by atoms with Gasteiger partial charge in [-0.05, 0) is 31.0 Å². The zero-order valence-electron chi connectivity index (χ0n) is 14.3. The zero-order chi connectivity index (χ0) is 16.4. The van der Waals surface area contributed by atoms with E-state index in [0.717, 1.165) is 58.0 Å². The number of ether oxygens (including phenoxy) is 3. The molecule has 5 heteroatoms. The Bertz CT molecular complexity index is 670. The quantitative estimate of drug-likeness (QED) is 0.863. The van der Waals surface area contributed by atoms with Gasteiger partial charge in [-0.1, -0.05) is 6.07 Å². The van der Waals surface area contributed by atoms with Gasteiger partial charge in [-0.25, -0.2) is 0 Å². The predicted molar refractivity (Wildman–Crippen MR) is 93.6 cm³/mol. The van der Waals surface area contributed by atoms with Gasteiger partial charge < -0.3 is 23.7 Å². The summed E-state index contributed by atoms with van der Waals surface area (Å²) < 4.78 is 19.7. The summed E-state index contributed by atoms with van der Waals surface area (Å²) >= 11 is 0. The SMILES string of the molecule is Cn1ccc2c(OC3CCN(CC4COCCO4)CC3)cccc21. The van der Waals surface area contributed by atoms with E-state index in [9.17, 15) is 0 Å². The molecule has 0 N–H and O–H groups in total. The van der Waals surface area contributed by atoms with Crippen molar-refractivity contribution < 1.29 is 14.2 Å². The van der Waals surface area contributed by atoms with Crippen LogP contribution < -0.4 is 4.74 Å². The molecule has 1 atom stereocenters. The first-order valence-corrected chi connectivity index (χ1v) is 8.92. The second kappa shape index (κ2) is 7.13. The molecular formula is C19H26N2O3. The minimum atomic E-state index is 0.231. The van der Waals surface area contributed by atoms with Crippen molar-refractivity contribution in [2.75, 3.05) is 39.5 Å². The molecule has 2 fully saturated rings. The number of hydrogen-bond acceptors (Lipinski definition) is 4. The molecule has 0 spiro atoms. The topological polar surface area (TPSA) is 35.9 Å². The molecule has 2 saturated heterocycles. The lowest BCUT2D eigenvalue weighted by molar-refractivity contribution is -0.100. The van der Waals surface area contributed by atoms with Crippen LogP contribution in [-0.2, 0) is 16.5 Å². The van der Waals surface area contributed by atoms with E-state index in [1.165, 1.54) is 10.9 Å². The van der Waals surface area contributed by atoms with E-state index in [2.05, 4.69) is 47.0 Å². The second-order valence-corrected chi connectivity index (χ2v) is 6.80. The minimum Gasteiger partial charge on any atom is -0.490 e. The molecule has 0 radical (unpaired) electrons. The maximum atomic E-state index is 6.32. The maximum absolute atomic E-state index is 6.32. The van der Waals surface area contributed by atoms with Crippen LogP contribution in [0.3, 0.4) is 0 Å². The standard InChI is InChI=1S/C19H26N2O3/c1-20-8-7-17-18(20)3-2-4-19(17)24-15-5-9-21(10-6-15)13-16-14-22-11-12-23-16/h2-4,7-8,15-16H,5-6,9-14H2,1H3. The summed E-state index contributed by atoms with van der Waals surface area (Å²) in [5, 5.41) is 1.20. The summed E-state index contributed by atoms with van der Waals surface area (Å²) in [6.07, 6.45) is 4.75. The van der Waals surface area contributed by atoms with Crippen LogP contribution in [0, 0.1) is 0 Å². The van der Waals surface area contributed by atoms with Crippen molar-refractivity contribution in [3.8, 4) is 5.75 Å². The van der Waals surface area contributed by atoms with E-state index in [-0.39, 0.29) is 6.10 Å². The number of piperidine rings is 1. The lowest BCUT2D eigenvalue weighted by Gasteiger charge is -2.35. The Kier molecular flexibility index (Phi) is 4.74. The monoisotopic (exact) mass is 330 g/mol. The number of aryl methyl sites for hydroxylation is 1. The van der Waals surface area contributed by atoms with Crippen LogP contribution in [0.1, 0.15) is 12.8 Å². The highest BCUT2D eigenvalue weighted by atomic mass is 16.6. The third-order valence-corrected chi connectivity index (χ3v) is 5.06. The second-order valence-electron chi connectivity index (χ2n) is 6.80. The van der Waals surface area contributed by atoms with E-state index < -0.39 is 0 Å². The van der Waals surface area contributed by atoms with Crippen molar-refractivity contribution in [2.24, 2.45) is 7.05 Å². The zero-order valence-corrected chi connectivity index (χ0v) is 14.3. The molecular weight excluding hydrogens is 304 g/mol. The van der Waals surface area contributed by atoms with Crippen LogP contribution >= 0.6 is 0 Å². The first-order valence-electron chi connectivity index (χ1n) is 8.92. The minimum absolute atomic E-state index is 0.231. The Morgan fingerprint density at radius 2 is 2.04 bits per heavy atom. The third-order valence-electron chi connectivity index (χ3n) is 5.06. The van der Waals surface area contributed by atoms with Crippen LogP contribution in [-0.4, -0.2) is 61.1 Å². The molecule has 2 aromatic rings. The highest BCUT2D eigenvalue weighted by Crippen LogP contribution is 2.28. The Labute approximate surface area is 143 Å². The van der Waals surface area contributed by atoms with Gasteiger partial charge in [0.05, 0.1) is 31.4 Å². The van der Waals surface area contributed by atoms with Crippen LogP contribution in [0.5, 0.6) is 5.75 Å². The molecule has 0 aliphatic carbocycles. The van der Waals surface area contributed by atoms with E-state index in [1.54, 1.807) is 0 Å². The number of benzene rings is 1. The Morgan fingerprint density at radius 3 is 2.83 bits per heavy atom. The van der Waals surface area contributed by atoms with Crippen molar-refractivity contribution in [1.82, 2.24) is 9.47 Å². The van der Waals surface area contributed by atoms with E-state index >= 15 is 0 Å². The van der Waals surface area contributed by atoms with Crippen molar-refractivity contribution >= 4 is 10.9 Å². The van der Waals surface area contributed by atoms with Crippen molar-refractivity contribution in [3.05, 3.63) is 30.5 Å². The van der Waals surface area contributed by atoms with Gasteiger partial charge in [0.15, 0.2) is 0 Å². The summed E-state index contributed by atoms with van der Waals surface area (Å²) in [4.78, 5) is 2.47. The molecule has 1 unspecified atom stereocenters. The maximum Gasteiger partial charge on any atom is 0.129 e. The van der Waals surface area contributed by atoms with Crippen molar-refractivity contribution in [1.29, 1.82) is 0 Å². The first-order chi connectivity index (χ1) is 11.8. The lowest BCUT2D eigenvalue weighted by Crippen LogP contribution is -2.45. The van der Waals surface area contributed by atoms with Gasteiger partial charge in [0.2, 0.25) is 0 Å². The van der Waals surface area contributed by atoms with Gasteiger partial charge in [-0.3, -0.25) is 0 Å². The van der Waals surface area contributed by atoms with Crippen molar-refractivity contribution in [2.45, 2.75) is 25.0 Å². The number of rotatable bonds is 4. The highest BCUT2D eigenvalue weighted by Gasteiger charge is 2.24. The number of fused-ring (bicyclic) bond motifs is 1. The molecule has 24 heavy (non-hydrogen) atoms. The fraction of sp³-hybridized carbons (Fsp3) is 0.579. The molecule has 4 rings (SSSR count). The Balaban J connectivity index is 1.32. The summed E-state index contributed by atoms with van der Waals surface area (Å²) in [6.45, 7) is 5.29. The largest absolute Gasteiger partial charge is 0.490 e. The lowest BCUT2D eigenvalue weighted by atomic mass is 10.1. The third kappa shape index (κ3) is 3.43. The summed E-state index contributed by atoms with van der Waals surface area (Å²) in [6, 6.07) is 8.44. The fourth-order valence-corrected chi connectivity index (χ4v) is 3.70. The summed E-state index contributed by atoms with van der Waals surface area (Å²) in [7, 11) is 2.07. The van der Waals surface area contributed by atoms with Gasteiger partial charge in [-0.15, -0.1) is 0 Å². The van der Waals surface area contributed by atoms with Crippen LogP contribution in [0.4, 0.5) is 0 Å². The molecule has 130 valence electrons. The van der Waals surface area contributed by atoms with Crippen LogP contribution in [0.25, 0.3) is 10.9 Å². The number of likely N-dealkylation sites (tertiary alicyclic amines) is 1. The summed E-state index contributed by atoms with van der Waals surface area (Å²) in [5.74, 6) is 1.01. The van der Waals surface area contributed by atoms with E-state index in [4.69, 9.17) is 14.2 Å². The average molecular weight is 330 g/mol. The molecule has 0 bridgehead atoms. The smallest absolute Gasteiger partial charge is 0.129 e. The van der Waals surface area contributed by atoms with Gasteiger partial charge in [0.1, 0.15) is 11.9 Å². The Morgan fingerprint density at radius 1 is 1.17 bits per heavy atom. The molecule has 5 nitrogen and oxygen atoms in total. The number of nitrogens with zero attached hydrogens (tertiary/aromatic N) is 2. The predicted octanol–water partition coefficient (Wildman–Crippen LogP) is 2.44. The first kappa shape index (κ1) is 15.9. The van der Waals surface area contributed by atoms with Gasteiger partial charge in [-0.2, -0.15) is 0 Å².